The first-order valence-electron chi connectivity index (χ1n) is 30.3. The Morgan fingerprint density at radius 3 is 1.43 bits per heavy atom. The van der Waals surface area contributed by atoms with Gasteiger partial charge in [0.2, 0.25) is 5.91 Å². The molecule has 8 unspecified atom stereocenters. The average molecular weight is 1080 g/mol. The molecule has 0 aromatic heterocycles. The highest BCUT2D eigenvalue weighted by atomic mass is 16.7. The van der Waals surface area contributed by atoms with Crippen molar-refractivity contribution in [3.8, 4) is 0 Å². The third-order valence-electron chi connectivity index (χ3n) is 13.4. The molecule has 1 heterocycles. The first-order chi connectivity index (χ1) is 37.7. The second-order valence-electron chi connectivity index (χ2n) is 20.4. The number of nitrogens with one attached hydrogen (secondary N) is 1. The molecule has 0 bridgehead atoms. The normalized spacial score (nSPS) is 19.9. The zero-order valence-electron chi connectivity index (χ0n) is 48.3. The molecule has 77 heavy (non-hydrogen) atoms. The second kappa shape index (κ2) is 52.7. The van der Waals surface area contributed by atoms with Gasteiger partial charge in [-0.3, -0.25) is 9.59 Å². The van der Waals surface area contributed by atoms with E-state index in [0.717, 1.165) is 103 Å². The van der Waals surface area contributed by atoms with Crippen molar-refractivity contribution in [2.75, 3.05) is 13.2 Å². The Hall–Kier alpha value is -3.94. The van der Waals surface area contributed by atoms with E-state index in [1.54, 1.807) is 12.2 Å². The second-order valence-corrected chi connectivity index (χ2v) is 20.4. The summed E-state index contributed by atoms with van der Waals surface area (Å²) in [7, 11) is 0. The van der Waals surface area contributed by atoms with Gasteiger partial charge >= 0.3 is 5.97 Å². The molecule has 1 fully saturated rings. The van der Waals surface area contributed by atoms with Gasteiger partial charge in [0.25, 0.3) is 0 Å². The van der Waals surface area contributed by atoms with Crippen LogP contribution in [0.4, 0.5) is 0 Å². The zero-order chi connectivity index (χ0) is 56.1. The average Bonchev–Trinajstić information content (AvgIpc) is 3.43. The van der Waals surface area contributed by atoms with Gasteiger partial charge in [0.05, 0.1) is 25.4 Å². The summed E-state index contributed by atoms with van der Waals surface area (Å²) >= 11 is 0. The van der Waals surface area contributed by atoms with Crippen LogP contribution < -0.4 is 5.32 Å². The van der Waals surface area contributed by atoms with Crippen LogP contribution in [0.1, 0.15) is 220 Å². The molecule has 8 atom stereocenters. The molecule has 6 N–H and O–H groups in total. The van der Waals surface area contributed by atoms with E-state index < -0.39 is 67.4 Å². The van der Waals surface area contributed by atoms with Crippen molar-refractivity contribution in [1.82, 2.24) is 5.32 Å². The highest BCUT2D eigenvalue weighted by molar-refractivity contribution is 5.81. The van der Waals surface area contributed by atoms with Gasteiger partial charge in [-0.15, -0.1) is 0 Å². The van der Waals surface area contributed by atoms with Gasteiger partial charge in [0, 0.05) is 12.8 Å². The van der Waals surface area contributed by atoms with E-state index in [4.69, 9.17) is 14.2 Å². The van der Waals surface area contributed by atoms with Gasteiger partial charge in [-0.2, -0.15) is 0 Å². The number of allylic oxidation sites excluding steroid dienone is 18. The largest absolute Gasteiger partial charge is 0.454 e. The van der Waals surface area contributed by atoms with E-state index in [-0.39, 0.29) is 19.4 Å². The minimum absolute atomic E-state index is 0.0492. The molecule has 0 aromatic carbocycles. The van der Waals surface area contributed by atoms with E-state index in [0.29, 0.717) is 12.8 Å². The first kappa shape index (κ1) is 71.1. The highest BCUT2D eigenvalue weighted by Gasteiger charge is 2.47. The van der Waals surface area contributed by atoms with Crippen LogP contribution in [0.25, 0.3) is 0 Å². The number of carbonyl (C=O) groups is 2. The summed E-state index contributed by atoms with van der Waals surface area (Å²) in [6, 6.07) is -1.08. The van der Waals surface area contributed by atoms with Crippen molar-refractivity contribution >= 4 is 11.9 Å². The lowest BCUT2D eigenvalue weighted by Gasteiger charge is -2.41. The Morgan fingerprint density at radius 2 is 0.935 bits per heavy atom. The van der Waals surface area contributed by atoms with Crippen molar-refractivity contribution in [3.05, 3.63) is 122 Å². The highest BCUT2D eigenvalue weighted by Crippen LogP contribution is 2.26. The van der Waals surface area contributed by atoms with Crippen molar-refractivity contribution in [3.63, 3.8) is 0 Å². The fourth-order valence-electron chi connectivity index (χ4n) is 8.55. The summed E-state index contributed by atoms with van der Waals surface area (Å²) in [5.74, 6) is -1.32. The maximum atomic E-state index is 13.4. The molecule has 0 aliphatic carbocycles. The summed E-state index contributed by atoms with van der Waals surface area (Å²) in [5.41, 5.74) is 0. The Morgan fingerprint density at radius 1 is 0.519 bits per heavy atom. The number of rotatable bonds is 49. The lowest BCUT2D eigenvalue weighted by atomic mass is 9.99. The van der Waals surface area contributed by atoms with E-state index in [1.165, 1.54) is 70.6 Å². The van der Waals surface area contributed by atoms with Crippen LogP contribution in [0, 0.1) is 0 Å². The van der Waals surface area contributed by atoms with Gasteiger partial charge in [0.1, 0.15) is 24.4 Å². The molecule has 1 rings (SSSR count). The molecule has 0 saturated carbocycles. The number of hydrogen-bond donors (Lipinski definition) is 6. The number of unbranched alkanes of at least 4 members (excludes halogenated alkanes) is 18. The number of carbonyl (C=O) groups excluding carboxylic acids is 2. The number of amides is 1. The summed E-state index contributed by atoms with van der Waals surface area (Å²) in [4.78, 5) is 26.5. The fourth-order valence-corrected chi connectivity index (χ4v) is 8.55. The molecule has 1 aliphatic rings. The third-order valence-corrected chi connectivity index (χ3v) is 13.4. The van der Waals surface area contributed by atoms with Crippen LogP contribution >= 0.6 is 0 Å². The van der Waals surface area contributed by atoms with E-state index in [9.17, 15) is 35.1 Å². The van der Waals surface area contributed by atoms with Crippen molar-refractivity contribution in [2.24, 2.45) is 0 Å². The molecular formula is C66H109NO10. The molecule has 11 heteroatoms. The third kappa shape index (κ3) is 40.8. The monoisotopic (exact) mass is 1080 g/mol. The van der Waals surface area contributed by atoms with Crippen molar-refractivity contribution < 1.29 is 49.3 Å². The lowest BCUT2D eigenvalue weighted by Crippen LogP contribution is -2.61. The summed E-state index contributed by atoms with van der Waals surface area (Å²) < 4.78 is 17.5. The van der Waals surface area contributed by atoms with Gasteiger partial charge in [-0.05, 0) is 96.3 Å². The molecule has 11 nitrogen and oxygen atoms in total. The Kier molecular flexibility index (Phi) is 48.7. The van der Waals surface area contributed by atoms with Crippen LogP contribution in [0.2, 0.25) is 0 Å². The molecule has 0 aromatic rings. The van der Waals surface area contributed by atoms with Gasteiger partial charge in [0.15, 0.2) is 12.4 Å². The molecule has 1 saturated heterocycles. The van der Waals surface area contributed by atoms with Gasteiger partial charge in [-0.1, -0.05) is 232 Å². The minimum atomic E-state index is -1.64. The van der Waals surface area contributed by atoms with Crippen molar-refractivity contribution in [2.45, 2.75) is 269 Å². The Labute approximate surface area is 468 Å². The molecule has 0 radical (unpaired) electrons. The quantitative estimate of drug-likeness (QED) is 0.0195. The van der Waals surface area contributed by atoms with Crippen LogP contribution in [0.5, 0.6) is 0 Å². The Bertz CT molecular complexity index is 1710. The maximum Gasteiger partial charge on any atom is 0.306 e. The first-order valence-corrected chi connectivity index (χ1v) is 30.3. The van der Waals surface area contributed by atoms with Crippen LogP contribution in [0.15, 0.2) is 122 Å². The standard InChI is InChI=1S/C66H109NO10/c1-4-7-10-13-16-19-22-25-27-29-31-32-35-38-41-44-47-50-53-59(70)65(74)67-57(58(69)52-49-46-43-40-37-34-24-21-18-15-12-9-6-3)56-75-66-64(63(73)62(72)60(55-68)76-66)77-61(71)54-51-48-45-42-39-36-33-30-28-26-23-20-17-14-11-8-5-2/h7,10,16-17,19-20,25-28,31-33,36,38,41,47,49-50,52,57-60,62-64,66,68-70,72-73H,4-6,8-9,11-15,18,21-24,29-30,34-35,37,39-40,42-46,48,51,53-56H2,1-3H3,(H,67,74)/b10-7-,19-16-,20-17-,27-25-,28-26-,32-31-,36-33-,41-38-,50-47-,52-49+. The Balaban J connectivity index is 2.79. The van der Waals surface area contributed by atoms with Crippen LogP contribution in [-0.4, -0.2) is 99.6 Å². The van der Waals surface area contributed by atoms with Crippen LogP contribution in [0.3, 0.4) is 0 Å². The van der Waals surface area contributed by atoms with Crippen molar-refractivity contribution in [1.29, 1.82) is 0 Å². The number of ether oxygens (including phenoxy) is 3. The SMILES string of the molecule is CC/C=C\C/C=C\C/C=C\C/C=C\C/C=C\C/C=C\CC(O)C(=O)NC(COC1OC(CO)C(O)C(O)C1OC(=O)CCCCCC/C=C\C/C=C\C/C=C\CCCCC)C(O)/C=C/CCCCCCCCCCCCC. The topological polar surface area (TPSA) is 175 Å². The summed E-state index contributed by atoms with van der Waals surface area (Å²) in [5, 5.41) is 56.8. The predicted molar refractivity (Wildman–Crippen MR) is 319 cm³/mol. The number of aliphatic hydroxyl groups excluding tert-OH is 5. The summed E-state index contributed by atoms with van der Waals surface area (Å²) in [6.45, 7) is 5.57. The van der Waals surface area contributed by atoms with Crippen LogP contribution in [-0.2, 0) is 23.8 Å². The molecule has 1 aliphatic heterocycles. The minimum Gasteiger partial charge on any atom is -0.454 e. The molecule has 438 valence electrons. The fraction of sp³-hybridized carbons (Fsp3) is 0.667. The molecular weight excluding hydrogens is 967 g/mol. The van der Waals surface area contributed by atoms with E-state index >= 15 is 0 Å². The number of hydrogen-bond acceptors (Lipinski definition) is 10. The smallest absolute Gasteiger partial charge is 0.306 e. The van der Waals surface area contributed by atoms with Gasteiger partial charge in [-0.25, -0.2) is 0 Å². The lowest BCUT2D eigenvalue weighted by molar-refractivity contribution is -0.305. The molecule has 0 spiro atoms. The number of esters is 1. The van der Waals surface area contributed by atoms with E-state index in [2.05, 4.69) is 117 Å². The zero-order valence-corrected chi connectivity index (χ0v) is 48.3. The van der Waals surface area contributed by atoms with Gasteiger partial charge < -0.3 is 45.1 Å². The predicted octanol–water partition coefficient (Wildman–Crippen LogP) is 14.3. The molecule has 1 amide bonds. The number of aliphatic hydroxyl groups is 5. The maximum absolute atomic E-state index is 13.4. The summed E-state index contributed by atoms with van der Waals surface area (Å²) in [6.07, 6.45) is 62.5. The van der Waals surface area contributed by atoms with E-state index in [1.807, 2.05) is 18.2 Å².